The third kappa shape index (κ3) is 3.31. The maximum absolute atomic E-state index is 6.10. The van der Waals surface area contributed by atoms with Gasteiger partial charge in [0, 0.05) is 21.9 Å². The molecule has 1 aromatic carbocycles. The first-order valence-corrected chi connectivity index (χ1v) is 7.00. The molecule has 2 aromatic rings. The molecule has 5 heteroatoms. The molecule has 0 fully saturated rings. The minimum Gasteiger partial charge on any atom is -0.496 e. The highest BCUT2D eigenvalue weighted by Crippen LogP contribution is 2.33. The van der Waals surface area contributed by atoms with Gasteiger partial charge in [0.25, 0.3) is 0 Å². The molecule has 1 aromatic heterocycles. The molecule has 94 valence electrons. The third-order valence-corrected chi connectivity index (χ3v) is 4.01. The number of aromatic nitrogens is 1. The lowest BCUT2D eigenvalue weighted by Crippen LogP contribution is -1.88. The molecule has 0 aliphatic rings. The van der Waals surface area contributed by atoms with E-state index in [0.29, 0.717) is 10.2 Å². The van der Waals surface area contributed by atoms with Crippen LogP contribution >= 0.6 is 35.0 Å². The van der Waals surface area contributed by atoms with E-state index in [1.54, 1.807) is 31.1 Å². The fourth-order valence-electron chi connectivity index (χ4n) is 1.44. The number of thioether (sulfide) groups is 1. The lowest BCUT2D eigenvalue weighted by atomic mass is 10.3. The quantitative estimate of drug-likeness (QED) is 0.604. The van der Waals surface area contributed by atoms with Crippen molar-refractivity contribution >= 4 is 35.0 Å². The van der Waals surface area contributed by atoms with Crippen molar-refractivity contribution in [3.05, 3.63) is 52.3 Å². The van der Waals surface area contributed by atoms with Crippen LogP contribution in [0.2, 0.25) is 10.2 Å². The van der Waals surface area contributed by atoms with Gasteiger partial charge in [-0.25, -0.2) is 4.98 Å². The number of halogens is 2. The highest BCUT2D eigenvalue weighted by atomic mass is 35.5. The Kier molecular flexibility index (Phi) is 4.75. The average molecular weight is 300 g/mol. The molecule has 0 aliphatic carbocycles. The largest absolute Gasteiger partial charge is 0.496 e. The zero-order valence-electron chi connectivity index (χ0n) is 9.69. The standard InChI is InChI=1S/C13H11Cl2NOS/c1-17-11-4-2-3-5-12(11)18-8-9-7-16-13(15)6-10(9)14/h2-7H,8H2,1H3. The highest BCUT2D eigenvalue weighted by Gasteiger charge is 2.06. The van der Waals surface area contributed by atoms with Crippen molar-refractivity contribution in [1.29, 1.82) is 0 Å². The summed E-state index contributed by atoms with van der Waals surface area (Å²) in [7, 11) is 1.66. The van der Waals surface area contributed by atoms with E-state index in [2.05, 4.69) is 4.98 Å². The first-order valence-electron chi connectivity index (χ1n) is 5.26. The summed E-state index contributed by atoms with van der Waals surface area (Å²) in [4.78, 5) is 5.11. The number of ether oxygens (including phenoxy) is 1. The minimum absolute atomic E-state index is 0.408. The van der Waals surface area contributed by atoms with Gasteiger partial charge in [-0.15, -0.1) is 11.8 Å². The van der Waals surface area contributed by atoms with Gasteiger partial charge in [-0.2, -0.15) is 0 Å². The van der Waals surface area contributed by atoms with Gasteiger partial charge in [0.05, 0.1) is 7.11 Å². The van der Waals surface area contributed by atoms with Crippen molar-refractivity contribution in [2.45, 2.75) is 10.6 Å². The predicted octanol–water partition coefficient (Wildman–Crippen LogP) is 4.69. The molecule has 0 saturated heterocycles. The smallest absolute Gasteiger partial charge is 0.132 e. The van der Waals surface area contributed by atoms with Crippen LogP contribution in [0.3, 0.4) is 0 Å². The van der Waals surface area contributed by atoms with Crippen molar-refractivity contribution in [3.8, 4) is 5.75 Å². The molecule has 0 radical (unpaired) electrons. The first kappa shape index (κ1) is 13.5. The summed E-state index contributed by atoms with van der Waals surface area (Å²) in [6.07, 6.45) is 1.70. The molecule has 0 atom stereocenters. The summed E-state index contributed by atoms with van der Waals surface area (Å²) in [5, 5.41) is 1.04. The lowest BCUT2D eigenvalue weighted by molar-refractivity contribution is 0.405. The number of hydrogen-bond acceptors (Lipinski definition) is 3. The molecule has 2 rings (SSSR count). The zero-order valence-corrected chi connectivity index (χ0v) is 12.0. The molecular formula is C13H11Cl2NOS. The van der Waals surface area contributed by atoms with Gasteiger partial charge in [0.1, 0.15) is 10.9 Å². The molecule has 0 unspecified atom stereocenters. The van der Waals surface area contributed by atoms with Gasteiger partial charge in [-0.3, -0.25) is 0 Å². The van der Waals surface area contributed by atoms with E-state index < -0.39 is 0 Å². The number of nitrogens with zero attached hydrogens (tertiary/aromatic N) is 1. The van der Waals surface area contributed by atoms with Gasteiger partial charge in [0.2, 0.25) is 0 Å². The fourth-order valence-corrected chi connectivity index (χ4v) is 2.96. The fraction of sp³-hybridized carbons (Fsp3) is 0.154. The average Bonchev–Trinajstić information content (AvgIpc) is 2.38. The van der Waals surface area contributed by atoms with Crippen LogP contribution in [0.5, 0.6) is 5.75 Å². The van der Waals surface area contributed by atoms with E-state index in [0.717, 1.165) is 22.0 Å². The number of para-hydroxylation sites is 1. The number of pyridine rings is 1. The predicted molar refractivity (Wildman–Crippen MR) is 76.8 cm³/mol. The van der Waals surface area contributed by atoms with E-state index >= 15 is 0 Å². The van der Waals surface area contributed by atoms with Crippen LogP contribution in [0.15, 0.2) is 41.4 Å². The summed E-state index contributed by atoms with van der Waals surface area (Å²) in [5.74, 6) is 1.59. The molecule has 0 spiro atoms. The van der Waals surface area contributed by atoms with Crippen LogP contribution in [0.1, 0.15) is 5.56 Å². The van der Waals surface area contributed by atoms with Crippen molar-refractivity contribution in [2.75, 3.05) is 7.11 Å². The first-order chi connectivity index (χ1) is 8.70. The van der Waals surface area contributed by atoms with Crippen LogP contribution in [-0.4, -0.2) is 12.1 Å². The Morgan fingerprint density at radius 1 is 1.28 bits per heavy atom. The second-order valence-electron chi connectivity index (χ2n) is 3.54. The maximum Gasteiger partial charge on any atom is 0.132 e. The van der Waals surface area contributed by atoms with E-state index in [-0.39, 0.29) is 0 Å². The SMILES string of the molecule is COc1ccccc1SCc1cnc(Cl)cc1Cl. The van der Waals surface area contributed by atoms with E-state index in [9.17, 15) is 0 Å². The Morgan fingerprint density at radius 2 is 2.06 bits per heavy atom. The second-order valence-corrected chi connectivity index (χ2v) is 5.35. The third-order valence-electron chi connectivity index (χ3n) is 2.35. The summed E-state index contributed by atoms with van der Waals surface area (Å²) in [6.45, 7) is 0. The number of hydrogen-bond donors (Lipinski definition) is 0. The van der Waals surface area contributed by atoms with Crippen LogP contribution in [0.4, 0.5) is 0 Å². The summed E-state index contributed by atoms with van der Waals surface area (Å²) in [5.41, 5.74) is 0.956. The summed E-state index contributed by atoms with van der Waals surface area (Å²) >= 11 is 13.5. The van der Waals surface area contributed by atoms with Gasteiger partial charge < -0.3 is 4.74 Å². The van der Waals surface area contributed by atoms with Gasteiger partial charge in [-0.05, 0) is 23.8 Å². The van der Waals surface area contributed by atoms with Crippen molar-refractivity contribution in [2.24, 2.45) is 0 Å². The van der Waals surface area contributed by atoms with Crippen molar-refractivity contribution < 1.29 is 4.74 Å². The van der Waals surface area contributed by atoms with Gasteiger partial charge >= 0.3 is 0 Å². The molecule has 0 bridgehead atoms. The maximum atomic E-state index is 6.10. The second kappa shape index (κ2) is 6.32. The Labute approximate surface area is 120 Å². The molecule has 2 nitrogen and oxygen atoms in total. The van der Waals surface area contributed by atoms with Crippen molar-refractivity contribution in [1.82, 2.24) is 4.98 Å². The molecule has 0 amide bonds. The highest BCUT2D eigenvalue weighted by molar-refractivity contribution is 7.98. The Morgan fingerprint density at radius 3 is 2.78 bits per heavy atom. The van der Waals surface area contributed by atoms with Gasteiger partial charge in [-0.1, -0.05) is 35.3 Å². The topological polar surface area (TPSA) is 22.1 Å². The lowest BCUT2D eigenvalue weighted by Gasteiger charge is -2.08. The zero-order chi connectivity index (χ0) is 13.0. The summed E-state index contributed by atoms with van der Waals surface area (Å²) < 4.78 is 5.29. The Hall–Kier alpha value is -0.900. The van der Waals surface area contributed by atoms with Crippen LogP contribution in [-0.2, 0) is 5.75 Å². The van der Waals surface area contributed by atoms with Crippen LogP contribution in [0, 0.1) is 0 Å². The number of benzene rings is 1. The van der Waals surface area contributed by atoms with Gasteiger partial charge in [0.15, 0.2) is 0 Å². The molecule has 1 heterocycles. The monoisotopic (exact) mass is 299 g/mol. The molecule has 0 N–H and O–H groups in total. The van der Waals surface area contributed by atoms with E-state index in [4.69, 9.17) is 27.9 Å². The van der Waals surface area contributed by atoms with Crippen LogP contribution < -0.4 is 4.74 Å². The van der Waals surface area contributed by atoms with Crippen molar-refractivity contribution in [3.63, 3.8) is 0 Å². The number of methoxy groups -OCH3 is 1. The number of rotatable bonds is 4. The minimum atomic E-state index is 0.408. The molecule has 0 saturated carbocycles. The molecule has 0 aliphatic heterocycles. The normalized spacial score (nSPS) is 10.4. The van der Waals surface area contributed by atoms with E-state index in [1.807, 2.05) is 24.3 Å². The van der Waals surface area contributed by atoms with Crippen LogP contribution in [0.25, 0.3) is 0 Å². The Balaban J connectivity index is 2.11. The molecule has 18 heavy (non-hydrogen) atoms. The van der Waals surface area contributed by atoms with E-state index in [1.165, 1.54) is 0 Å². The molecular weight excluding hydrogens is 289 g/mol. The summed E-state index contributed by atoms with van der Waals surface area (Å²) in [6, 6.07) is 9.53. The Bertz CT molecular complexity index is 548.